The van der Waals surface area contributed by atoms with Crippen molar-refractivity contribution in [3.63, 3.8) is 0 Å². The molecule has 0 unspecified atom stereocenters. The first-order valence-corrected chi connectivity index (χ1v) is 3.68. The van der Waals surface area contributed by atoms with E-state index in [0.717, 1.165) is 0 Å². The van der Waals surface area contributed by atoms with Gasteiger partial charge in [-0.2, -0.15) is 5.21 Å². The smallest absolute Gasteiger partial charge is 0.161 e. The molecule has 0 aliphatic carbocycles. The predicted octanol–water partition coefficient (Wildman–Crippen LogP) is 1.33. The Morgan fingerprint density at radius 1 is 1.31 bits per heavy atom. The molecule has 0 bridgehead atoms. The normalized spacial score (nSPS) is 8.77. The number of hydrogen-bond acceptors (Lipinski definition) is 3. The van der Waals surface area contributed by atoms with Crippen molar-refractivity contribution in [1.82, 2.24) is 20.6 Å². The number of tetrazole rings is 1. The molecule has 0 atom stereocenters. The van der Waals surface area contributed by atoms with E-state index in [4.69, 9.17) is 0 Å². The SMILES string of the molecule is Cc1ccccc1F.c1nn[nH]n1. The summed E-state index contributed by atoms with van der Waals surface area (Å²) in [6.07, 6.45) is 1.33. The van der Waals surface area contributed by atoms with Crippen LogP contribution in [0.15, 0.2) is 30.6 Å². The number of benzene rings is 1. The second-order valence-corrected chi connectivity index (χ2v) is 2.31. The molecule has 2 rings (SSSR count). The second kappa shape index (κ2) is 4.97. The zero-order chi connectivity index (χ0) is 9.52. The average Bonchev–Trinajstić information content (AvgIpc) is 2.68. The summed E-state index contributed by atoms with van der Waals surface area (Å²) in [4.78, 5) is 0. The van der Waals surface area contributed by atoms with Gasteiger partial charge in [-0.3, -0.25) is 0 Å². The first-order valence-electron chi connectivity index (χ1n) is 3.68. The van der Waals surface area contributed by atoms with Crippen molar-refractivity contribution in [2.24, 2.45) is 0 Å². The molecule has 13 heavy (non-hydrogen) atoms. The number of aromatic amines is 1. The first kappa shape index (κ1) is 9.31. The van der Waals surface area contributed by atoms with Crippen LogP contribution in [0.1, 0.15) is 5.56 Å². The number of aromatic nitrogens is 4. The van der Waals surface area contributed by atoms with Gasteiger partial charge in [0.25, 0.3) is 0 Å². The molecular weight excluding hydrogens is 171 g/mol. The zero-order valence-electron chi connectivity index (χ0n) is 7.11. The number of rotatable bonds is 0. The molecule has 0 fully saturated rings. The van der Waals surface area contributed by atoms with Gasteiger partial charge in [-0.05, 0) is 18.6 Å². The Morgan fingerprint density at radius 3 is 2.38 bits per heavy atom. The third-order valence-electron chi connectivity index (χ3n) is 1.35. The quantitative estimate of drug-likeness (QED) is 0.665. The van der Waals surface area contributed by atoms with E-state index in [-0.39, 0.29) is 5.82 Å². The molecule has 2 aromatic rings. The van der Waals surface area contributed by atoms with Crippen LogP contribution in [0.25, 0.3) is 0 Å². The molecule has 0 aliphatic rings. The van der Waals surface area contributed by atoms with Crippen LogP contribution in [-0.4, -0.2) is 20.6 Å². The van der Waals surface area contributed by atoms with Gasteiger partial charge < -0.3 is 0 Å². The van der Waals surface area contributed by atoms with Gasteiger partial charge >= 0.3 is 0 Å². The van der Waals surface area contributed by atoms with Crippen LogP contribution in [0, 0.1) is 12.7 Å². The molecule has 1 heterocycles. The summed E-state index contributed by atoms with van der Waals surface area (Å²) in [5.41, 5.74) is 0.701. The van der Waals surface area contributed by atoms with Gasteiger partial charge in [-0.1, -0.05) is 23.4 Å². The molecule has 0 saturated carbocycles. The molecule has 0 amide bonds. The largest absolute Gasteiger partial charge is 0.207 e. The molecule has 0 radical (unpaired) electrons. The number of hydrogen-bond donors (Lipinski definition) is 1. The fourth-order valence-electron chi connectivity index (χ4n) is 0.680. The van der Waals surface area contributed by atoms with E-state index in [0.29, 0.717) is 5.56 Å². The summed E-state index contributed by atoms with van der Waals surface area (Å²) in [5.74, 6) is -0.132. The van der Waals surface area contributed by atoms with Gasteiger partial charge in [0, 0.05) is 0 Å². The van der Waals surface area contributed by atoms with Crippen molar-refractivity contribution in [3.8, 4) is 0 Å². The predicted molar refractivity (Wildman–Crippen MR) is 45.3 cm³/mol. The number of nitrogens with one attached hydrogen (secondary N) is 1. The molecule has 68 valence electrons. The Hall–Kier alpha value is -1.78. The molecular formula is C8H9FN4. The Kier molecular flexibility index (Phi) is 3.56. The lowest BCUT2D eigenvalue weighted by Crippen LogP contribution is -1.76. The number of aryl methyl sites for hydroxylation is 1. The van der Waals surface area contributed by atoms with Crippen molar-refractivity contribution >= 4 is 0 Å². The number of nitrogens with zero attached hydrogens (tertiary/aromatic N) is 3. The van der Waals surface area contributed by atoms with Crippen LogP contribution in [0.5, 0.6) is 0 Å². The lowest BCUT2D eigenvalue weighted by molar-refractivity contribution is 0.618. The third-order valence-corrected chi connectivity index (χ3v) is 1.35. The van der Waals surface area contributed by atoms with Crippen LogP contribution in [0.4, 0.5) is 4.39 Å². The maximum Gasteiger partial charge on any atom is 0.161 e. The molecule has 5 heteroatoms. The van der Waals surface area contributed by atoms with E-state index in [1.807, 2.05) is 6.07 Å². The van der Waals surface area contributed by atoms with E-state index in [2.05, 4.69) is 20.6 Å². The molecule has 1 aromatic heterocycles. The highest BCUT2D eigenvalue weighted by molar-refractivity contribution is 5.14. The summed E-state index contributed by atoms with van der Waals surface area (Å²) in [7, 11) is 0. The van der Waals surface area contributed by atoms with E-state index in [1.54, 1.807) is 19.1 Å². The van der Waals surface area contributed by atoms with Crippen molar-refractivity contribution in [1.29, 1.82) is 0 Å². The summed E-state index contributed by atoms with van der Waals surface area (Å²) >= 11 is 0. The van der Waals surface area contributed by atoms with E-state index >= 15 is 0 Å². The lowest BCUT2D eigenvalue weighted by Gasteiger charge is -1.89. The molecule has 1 aromatic carbocycles. The van der Waals surface area contributed by atoms with E-state index in [9.17, 15) is 4.39 Å². The highest BCUT2D eigenvalue weighted by Crippen LogP contribution is 2.01. The van der Waals surface area contributed by atoms with Gasteiger partial charge in [0.15, 0.2) is 6.33 Å². The Labute approximate surface area is 74.8 Å². The lowest BCUT2D eigenvalue weighted by atomic mass is 10.2. The van der Waals surface area contributed by atoms with Crippen molar-refractivity contribution in [2.75, 3.05) is 0 Å². The molecule has 0 saturated heterocycles. The Bertz CT molecular complexity index is 295. The summed E-state index contributed by atoms with van der Waals surface area (Å²) in [5, 5.41) is 12.2. The van der Waals surface area contributed by atoms with Gasteiger partial charge in [0.1, 0.15) is 5.82 Å². The number of halogens is 1. The molecule has 0 spiro atoms. The van der Waals surface area contributed by atoms with Crippen LogP contribution < -0.4 is 0 Å². The number of H-pyrrole nitrogens is 1. The average molecular weight is 180 g/mol. The van der Waals surface area contributed by atoms with Crippen LogP contribution in [0.3, 0.4) is 0 Å². The minimum absolute atomic E-state index is 0.132. The third kappa shape index (κ3) is 3.42. The summed E-state index contributed by atoms with van der Waals surface area (Å²) < 4.78 is 12.3. The van der Waals surface area contributed by atoms with Gasteiger partial charge in [-0.25, -0.2) is 4.39 Å². The second-order valence-electron chi connectivity index (χ2n) is 2.31. The molecule has 4 nitrogen and oxygen atoms in total. The highest BCUT2D eigenvalue weighted by Gasteiger charge is 1.88. The van der Waals surface area contributed by atoms with Gasteiger partial charge in [0.2, 0.25) is 0 Å². The van der Waals surface area contributed by atoms with Gasteiger partial charge in [0.05, 0.1) is 0 Å². The molecule has 1 N–H and O–H groups in total. The molecule has 0 aliphatic heterocycles. The minimum Gasteiger partial charge on any atom is -0.207 e. The van der Waals surface area contributed by atoms with E-state index in [1.165, 1.54) is 12.4 Å². The Balaban J connectivity index is 0.000000145. The van der Waals surface area contributed by atoms with Gasteiger partial charge in [-0.15, -0.1) is 10.2 Å². The highest BCUT2D eigenvalue weighted by atomic mass is 19.1. The van der Waals surface area contributed by atoms with Crippen LogP contribution >= 0.6 is 0 Å². The van der Waals surface area contributed by atoms with Crippen molar-refractivity contribution in [2.45, 2.75) is 6.92 Å². The maximum atomic E-state index is 12.3. The van der Waals surface area contributed by atoms with Crippen LogP contribution in [-0.2, 0) is 0 Å². The first-order chi connectivity index (χ1) is 6.30. The van der Waals surface area contributed by atoms with Crippen molar-refractivity contribution in [3.05, 3.63) is 42.0 Å². The maximum absolute atomic E-state index is 12.3. The Morgan fingerprint density at radius 2 is 2.08 bits per heavy atom. The summed E-state index contributed by atoms with van der Waals surface area (Å²) in [6.45, 7) is 1.75. The van der Waals surface area contributed by atoms with Crippen LogP contribution in [0.2, 0.25) is 0 Å². The summed E-state index contributed by atoms with van der Waals surface area (Å²) in [6, 6.07) is 6.70. The van der Waals surface area contributed by atoms with Crippen molar-refractivity contribution < 1.29 is 4.39 Å². The minimum atomic E-state index is -0.132. The fourth-order valence-corrected chi connectivity index (χ4v) is 0.680. The fraction of sp³-hybridized carbons (Fsp3) is 0.125. The zero-order valence-corrected chi connectivity index (χ0v) is 7.11. The standard InChI is InChI=1S/C7H7F.CH2N4/c1-6-4-2-3-5-7(6)8;1-2-4-5-3-1/h2-5H,1H3;1H,(H,2,3,4,5). The topological polar surface area (TPSA) is 54.5 Å². The van der Waals surface area contributed by atoms with E-state index < -0.39 is 0 Å². The monoisotopic (exact) mass is 180 g/mol.